The van der Waals surface area contributed by atoms with E-state index in [2.05, 4.69) is 16.9 Å². The molecule has 2 N–H and O–H groups in total. The van der Waals surface area contributed by atoms with E-state index in [-0.39, 0.29) is 18.5 Å². The van der Waals surface area contributed by atoms with Gasteiger partial charge in [-0.05, 0) is 32.4 Å². The summed E-state index contributed by atoms with van der Waals surface area (Å²) in [6.07, 6.45) is 4.23. The third kappa shape index (κ3) is 2.45. The Morgan fingerprint density at radius 2 is 2.37 bits per heavy atom. The lowest BCUT2D eigenvalue weighted by molar-refractivity contribution is -0.137. The lowest BCUT2D eigenvalue weighted by Crippen LogP contribution is -2.57. The number of aromatic nitrogens is 2. The Morgan fingerprint density at radius 3 is 3.11 bits per heavy atom. The molecule has 3 rings (SSSR count). The van der Waals surface area contributed by atoms with Crippen molar-refractivity contribution in [2.75, 3.05) is 25.4 Å². The van der Waals surface area contributed by atoms with Gasteiger partial charge in [0, 0.05) is 31.4 Å². The molecule has 0 spiro atoms. The fraction of sp³-hybridized carbons (Fsp3) is 0.692. The second-order valence-electron chi connectivity index (χ2n) is 5.62. The second kappa shape index (κ2) is 4.85. The number of carbonyl (C=O) groups is 1. The van der Waals surface area contributed by atoms with E-state index in [1.165, 1.54) is 19.4 Å². The summed E-state index contributed by atoms with van der Waals surface area (Å²) in [5.74, 6) is 0.601. The lowest BCUT2D eigenvalue weighted by atomic mass is 10.1. The quantitative estimate of drug-likeness (QED) is 0.825. The molecule has 2 unspecified atom stereocenters. The van der Waals surface area contributed by atoms with Crippen LogP contribution in [0.1, 0.15) is 19.8 Å². The first-order valence-electron chi connectivity index (χ1n) is 6.96. The average Bonchev–Trinajstić information content (AvgIpc) is 2.96. The lowest BCUT2D eigenvalue weighted by Gasteiger charge is -2.42. The molecule has 6 heteroatoms. The monoisotopic (exact) mass is 263 g/mol. The van der Waals surface area contributed by atoms with Gasteiger partial charge >= 0.3 is 0 Å². The maximum Gasteiger partial charge on any atom is 0.244 e. The highest BCUT2D eigenvalue weighted by molar-refractivity contribution is 5.76. The fourth-order valence-corrected chi connectivity index (χ4v) is 3.23. The minimum atomic E-state index is 0.141. The molecule has 1 aromatic rings. The second-order valence-corrected chi connectivity index (χ2v) is 5.62. The average molecular weight is 263 g/mol. The van der Waals surface area contributed by atoms with Crippen LogP contribution in [-0.2, 0) is 11.3 Å². The molecule has 0 aromatic carbocycles. The molecule has 6 nitrogen and oxygen atoms in total. The van der Waals surface area contributed by atoms with Crippen LogP contribution in [0.3, 0.4) is 0 Å². The van der Waals surface area contributed by atoms with Crippen molar-refractivity contribution in [3.05, 3.63) is 12.3 Å². The number of nitrogens with zero attached hydrogens (tertiary/aromatic N) is 4. The number of hydrogen-bond acceptors (Lipinski definition) is 4. The Morgan fingerprint density at radius 1 is 1.53 bits per heavy atom. The molecule has 104 valence electrons. The zero-order valence-electron chi connectivity index (χ0n) is 11.3. The predicted octanol–water partition coefficient (Wildman–Crippen LogP) is 0.160. The van der Waals surface area contributed by atoms with Gasteiger partial charge in [0.05, 0.1) is 0 Å². The van der Waals surface area contributed by atoms with Gasteiger partial charge in [-0.2, -0.15) is 5.10 Å². The van der Waals surface area contributed by atoms with Crippen LogP contribution in [0.25, 0.3) is 0 Å². The molecule has 2 aliphatic heterocycles. The number of anilines is 1. The van der Waals surface area contributed by atoms with Gasteiger partial charge in [-0.1, -0.05) is 0 Å². The van der Waals surface area contributed by atoms with Gasteiger partial charge in [0.1, 0.15) is 12.4 Å². The number of rotatable bonds is 2. The van der Waals surface area contributed by atoms with E-state index in [9.17, 15) is 4.79 Å². The van der Waals surface area contributed by atoms with Crippen molar-refractivity contribution < 1.29 is 4.79 Å². The van der Waals surface area contributed by atoms with Crippen LogP contribution < -0.4 is 5.73 Å². The van der Waals surface area contributed by atoms with Crippen molar-refractivity contribution in [2.24, 2.45) is 0 Å². The molecular weight excluding hydrogens is 242 g/mol. The highest BCUT2D eigenvalue weighted by atomic mass is 16.2. The van der Waals surface area contributed by atoms with Crippen molar-refractivity contribution >= 4 is 11.7 Å². The van der Waals surface area contributed by atoms with E-state index in [0.29, 0.717) is 11.9 Å². The maximum atomic E-state index is 12.4. The first-order chi connectivity index (χ1) is 9.13. The smallest absolute Gasteiger partial charge is 0.244 e. The first kappa shape index (κ1) is 12.5. The van der Waals surface area contributed by atoms with Crippen LogP contribution in [0.2, 0.25) is 0 Å². The highest BCUT2D eigenvalue weighted by Crippen LogP contribution is 2.24. The summed E-state index contributed by atoms with van der Waals surface area (Å²) < 4.78 is 1.62. The Labute approximate surface area is 113 Å². The summed E-state index contributed by atoms with van der Waals surface area (Å²) in [6, 6.07) is 2.56. The summed E-state index contributed by atoms with van der Waals surface area (Å²) in [7, 11) is 0. The molecule has 1 amide bonds. The van der Waals surface area contributed by atoms with Crippen LogP contribution in [0.15, 0.2) is 12.3 Å². The molecule has 1 aromatic heterocycles. The SMILES string of the molecule is CC1CN2CCCC2CN1C(=O)Cn1ccc(N)n1. The molecule has 2 atom stereocenters. The van der Waals surface area contributed by atoms with Gasteiger partial charge in [-0.3, -0.25) is 14.4 Å². The summed E-state index contributed by atoms with van der Waals surface area (Å²) in [5.41, 5.74) is 5.57. The summed E-state index contributed by atoms with van der Waals surface area (Å²) in [5, 5.41) is 4.07. The summed E-state index contributed by atoms with van der Waals surface area (Å²) >= 11 is 0. The molecule has 19 heavy (non-hydrogen) atoms. The molecule has 0 saturated carbocycles. The normalized spacial score (nSPS) is 27.5. The summed E-state index contributed by atoms with van der Waals surface area (Å²) in [6.45, 7) is 5.46. The number of hydrogen-bond donors (Lipinski definition) is 1. The molecule has 3 heterocycles. The minimum Gasteiger partial charge on any atom is -0.382 e. The number of nitrogens with two attached hydrogens (primary N) is 1. The van der Waals surface area contributed by atoms with Crippen LogP contribution in [-0.4, -0.2) is 57.2 Å². The number of nitrogen functional groups attached to an aromatic ring is 1. The number of carbonyl (C=O) groups excluding carboxylic acids is 1. The molecule has 0 radical (unpaired) electrons. The van der Waals surface area contributed by atoms with E-state index in [0.717, 1.165) is 13.1 Å². The molecule has 0 aliphatic carbocycles. The zero-order valence-corrected chi connectivity index (χ0v) is 11.3. The first-order valence-corrected chi connectivity index (χ1v) is 6.96. The number of piperazine rings is 1. The van der Waals surface area contributed by atoms with Crippen LogP contribution >= 0.6 is 0 Å². The number of fused-ring (bicyclic) bond motifs is 1. The van der Waals surface area contributed by atoms with E-state index in [1.54, 1.807) is 16.9 Å². The third-order valence-corrected chi connectivity index (χ3v) is 4.22. The van der Waals surface area contributed by atoms with Crippen molar-refractivity contribution in [1.29, 1.82) is 0 Å². The van der Waals surface area contributed by atoms with E-state index >= 15 is 0 Å². The van der Waals surface area contributed by atoms with Crippen LogP contribution in [0.5, 0.6) is 0 Å². The van der Waals surface area contributed by atoms with Gasteiger partial charge in [-0.25, -0.2) is 0 Å². The standard InChI is InChI=1S/C13H21N5O/c1-10-7-16-5-2-3-11(16)8-18(10)13(19)9-17-6-4-12(14)15-17/h4,6,10-11H,2-3,5,7-9H2,1H3,(H2,14,15). The van der Waals surface area contributed by atoms with Gasteiger partial charge in [0.2, 0.25) is 5.91 Å². The van der Waals surface area contributed by atoms with Gasteiger partial charge < -0.3 is 10.6 Å². The number of amides is 1. The molecule has 2 saturated heterocycles. The van der Waals surface area contributed by atoms with Gasteiger partial charge in [-0.15, -0.1) is 0 Å². The Balaban J connectivity index is 1.65. The van der Waals surface area contributed by atoms with Crippen molar-refractivity contribution in [2.45, 2.75) is 38.4 Å². The van der Waals surface area contributed by atoms with Crippen molar-refractivity contribution in [1.82, 2.24) is 19.6 Å². The maximum absolute atomic E-state index is 12.4. The van der Waals surface area contributed by atoms with E-state index < -0.39 is 0 Å². The van der Waals surface area contributed by atoms with E-state index in [1.807, 2.05) is 4.90 Å². The highest BCUT2D eigenvalue weighted by Gasteiger charge is 2.36. The third-order valence-electron chi connectivity index (χ3n) is 4.22. The van der Waals surface area contributed by atoms with E-state index in [4.69, 9.17) is 5.73 Å². The van der Waals surface area contributed by atoms with Crippen LogP contribution in [0.4, 0.5) is 5.82 Å². The summed E-state index contributed by atoms with van der Waals surface area (Å²) in [4.78, 5) is 16.9. The molecule has 0 bridgehead atoms. The Hall–Kier alpha value is -1.56. The molecular formula is C13H21N5O. The van der Waals surface area contributed by atoms with Crippen molar-refractivity contribution in [3.63, 3.8) is 0 Å². The zero-order chi connectivity index (χ0) is 13.4. The van der Waals surface area contributed by atoms with Crippen LogP contribution in [0, 0.1) is 0 Å². The van der Waals surface area contributed by atoms with Gasteiger partial charge in [0.15, 0.2) is 0 Å². The van der Waals surface area contributed by atoms with Crippen molar-refractivity contribution in [3.8, 4) is 0 Å². The molecule has 2 aliphatic rings. The largest absolute Gasteiger partial charge is 0.382 e. The topological polar surface area (TPSA) is 67.4 Å². The predicted molar refractivity (Wildman–Crippen MR) is 72.4 cm³/mol. The van der Waals surface area contributed by atoms with Gasteiger partial charge in [0.25, 0.3) is 0 Å². The fourth-order valence-electron chi connectivity index (χ4n) is 3.23. The molecule has 2 fully saturated rings. The minimum absolute atomic E-state index is 0.141. The Kier molecular flexibility index (Phi) is 3.18. The Bertz CT molecular complexity index is 471.